The van der Waals surface area contributed by atoms with Crippen LogP contribution in [0.1, 0.15) is 0 Å². The summed E-state index contributed by atoms with van der Waals surface area (Å²) in [5.41, 5.74) is 3.62. The molecule has 148 valence electrons. The van der Waals surface area contributed by atoms with E-state index in [1.54, 1.807) is 0 Å². The van der Waals surface area contributed by atoms with Crippen LogP contribution in [0, 0.1) is 0 Å². The summed E-state index contributed by atoms with van der Waals surface area (Å²) < 4.78 is 11.5. The van der Waals surface area contributed by atoms with Crippen molar-refractivity contribution in [2.24, 2.45) is 0 Å². The van der Waals surface area contributed by atoms with E-state index in [1.807, 2.05) is 36.4 Å². The Kier molecular flexibility index (Phi) is 4.89. The Morgan fingerprint density at radius 2 is 1.97 bits per heavy atom. The summed E-state index contributed by atoms with van der Waals surface area (Å²) >= 11 is 0. The van der Waals surface area contributed by atoms with Gasteiger partial charge in [0.25, 0.3) is 0 Å². The molecule has 0 amide bonds. The normalized spacial score (nSPS) is 15.0. The molecule has 1 aliphatic rings. The molecule has 9 nitrogen and oxygen atoms in total. The number of aromatic nitrogens is 6. The molecular weight excluding hydrogens is 370 g/mol. The molecule has 29 heavy (non-hydrogen) atoms. The fraction of sp³-hybridized carbons (Fsp3) is 0.300. The number of nitrogens with zero attached hydrogens (tertiary/aromatic N) is 5. The minimum absolute atomic E-state index is 0.494. The highest BCUT2D eigenvalue weighted by molar-refractivity contribution is 5.93. The van der Waals surface area contributed by atoms with Crippen LogP contribution >= 0.6 is 0 Å². The molecule has 0 bridgehead atoms. The number of H-pyrrole nitrogens is 2. The van der Waals surface area contributed by atoms with E-state index >= 15 is 0 Å². The average Bonchev–Trinajstić information content (AvgIpc) is 3.45. The predicted molar refractivity (Wildman–Crippen MR) is 107 cm³/mol. The van der Waals surface area contributed by atoms with Gasteiger partial charge in [-0.25, -0.2) is 0 Å². The maximum Gasteiger partial charge on any atom is 0.208 e. The minimum atomic E-state index is 0.494. The number of tetrazole rings is 1. The molecule has 0 spiro atoms. The van der Waals surface area contributed by atoms with E-state index in [4.69, 9.17) is 9.47 Å². The third-order valence-corrected chi connectivity index (χ3v) is 5.08. The molecule has 2 aromatic heterocycles. The second-order valence-electron chi connectivity index (χ2n) is 6.87. The zero-order valence-corrected chi connectivity index (χ0v) is 15.8. The maximum absolute atomic E-state index is 6.09. The van der Waals surface area contributed by atoms with Crippen LogP contribution in [0.15, 0.2) is 42.5 Å². The van der Waals surface area contributed by atoms with Crippen LogP contribution in [0.25, 0.3) is 33.5 Å². The second-order valence-corrected chi connectivity index (χ2v) is 6.87. The highest BCUT2D eigenvalue weighted by atomic mass is 16.5. The van der Waals surface area contributed by atoms with E-state index in [9.17, 15) is 0 Å². The Hall–Kier alpha value is -3.30. The molecule has 3 heterocycles. The summed E-state index contributed by atoms with van der Waals surface area (Å²) in [4.78, 5) is 2.34. The predicted octanol–water partition coefficient (Wildman–Crippen LogP) is 2.12. The lowest BCUT2D eigenvalue weighted by atomic mass is 10.0. The van der Waals surface area contributed by atoms with Crippen molar-refractivity contribution in [1.29, 1.82) is 0 Å². The van der Waals surface area contributed by atoms with Gasteiger partial charge in [-0.3, -0.25) is 10.00 Å². The Morgan fingerprint density at radius 3 is 2.83 bits per heavy atom. The molecule has 0 aliphatic carbocycles. The first kappa shape index (κ1) is 17.8. The van der Waals surface area contributed by atoms with Crippen molar-refractivity contribution >= 4 is 10.9 Å². The highest BCUT2D eigenvalue weighted by Gasteiger charge is 2.16. The van der Waals surface area contributed by atoms with E-state index in [0.29, 0.717) is 12.4 Å². The van der Waals surface area contributed by atoms with E-state index in [0.717, 1.165) is 66.3 Å². The number of fused-ring (bicyclic) bond motifs is 1. The SMILES string of the molecule is c1ccc2c(-c3ccc(OCCN4CCOCC4)c(-c4nn[nH]n4)c3)n[nH]c2c1. The third-order valence-electron chi connectivity index (χ3n) is 5.08. The largest absolute Gasteiger partial charge is 0.491 e. The number of hydrogen-bond donors (Lipinski definition) is 2. The quantitative estimate of drug-likeness (QED) is 0.519. The molecule has 0 atom stereocenters. The zero-order chi connectivity index (χ0) is 19.5. The first-order valence-corrected chi connectivity index (χ1v) is 9.63. The standard InChI is InChI=1S/C20H21N7O2/c1-2-4-17-15(3-1)19(22-21-17)14-5-6-18(16(13-14)20-23-25-26-24-20)29-12-9-27-7-10-28-11-8-27/h1-6,13H,7-12H2,(H,21,22)(H,23,24,25,26). The zero-order valence-electron chi connectivity index (χ0n) is 15.8. The van der Waals surface area contributed by atoms with E-state index in [1.165, 1.54) is 0 Å². The molecular formula is C20H21N7O2. The molecule has 1 aliphatic heterocycles. The van der Waals surface area contributed by atoms with E-state index in [-0.39, 0.29) is 0 Å². The molecule has 2 N–H and O–H groups in total. The van der Waals surface area contributed by atoms with Crippen molar-refractivity contribution in [3.63, 3.8) is 0 Å². The van der Waals surface area contributed by atoms with Crippen LogP contribution in [0.3, 0.4) is 0 Å². The third kappa shape index (κ3) is 3.69. The smallest absolute Gasteiger partial charge is 0.208 e. The van der Waals surface area contributed by atoms with Gasteiger partial charge in [-0.2, -0.15) is 10.3 Å². The number of para-hydroxylation sites is 1. The van der Waals surface area contributed by atoms with Crippen LogP contribution in [-0.2, 0) is 4.74 Å². The van der Waals surface area contributed by atoms with Crippen LogP contribution in [0.4, 0.5) is 0 Å². The van der Waals surface area contributed by atoms with Gasteiger partial charge >= 0.3 is 0 Å². The minimum Gasteiger partial charge on any atom is -0.491 e. The number of nitrogens with one attached hydrogen (secondary N) is 2. The van der Waals surface area contributed by atoms with Gasteiger partial charge in [0.05, 0.1) is 30.0 Å². The summed E-state index contributed by atoms with van der Waals surface area (Å²) in [7, 11) is 0. The molecule has 0 unspecified atom stereocenters. The lowest BCUT2D eigenvalue weighted by Gasteiger charge is -2.26. The Morgan fingerprint density at radius 1 is 1.07 bits per heavy atom. The number of rotatable bonds is 6. The summed E-state index contributed by atoms with van der Waals surface area (Å²) in [6.07, 6.45) is 0. The fourth-order valence-corrected chi connectivity index (χ4v) is 3.55. The summed E-state index contributed by atoms with van der Waals surface area (Å²) in [5, 5.41) is 23.1. The van der Waals surface area contributed by atoms with Gasteiger partial charge in [-0.1, -0.05) is 18.2 Å². The van der Waals surface area contributed by atoms with E-state index in [2.05, 4.69) is 41.8 Å². The molecule has 2 aromatic carbocycles. The molecule has 0 radical (unpaired) electrons. The molecule has 9 heteroatoms. The Balaban J connectivity index is 1.43. The van der Waals surface area contributed by atoms with Crippen molar-refractivity contribution < 1.29 is 9.47 Å². The molecule has 4 aromatic rings. The first-order valence-electron chi connectivity index (χ1n) is 9.63. The highest BCUT2D eigenvalue weighted by Crippen LogP contribution is 2.34. The van der Waals surface area contributed by atoms with Crippen molar-refractivity contribution in [3.8, 4) is 28.4 Å². The average molecular weight is 391 g/mol. The summed E-state index contributed by atoms with van der Waals surface area (Å²) in [6.45, 7) is 4.86. The van der Waals surface area contributed by atoms with Crippen molar-refractivity contribution in [2.45, 2.75) is 0 Å². The second kappa shape index (κ2) is 7.98. The molecule has 1 saturated heterocycles. The lowest BCUT2D eigenvalue weighted by molar-refractivity contribution is 0.0323. The lowest BCUT2D eigenvalue weighted by Crippen LogP contribution is -2.38. The molecule has 1 fully saturated rings. The van der Waals surface area contributed by atoms with Crippen LogP contribution in [0.2, 0.25) is 0 Å². The monoisotopic (exact) mass is 391 g/mol. The van der Waals surface area contributed by atoms with Crippen molar-refractivity contribution in [2.75, 3.05) is 39.5 Å². The summed E-state index contributed by atoms with van der Waals surface area (Å²) in [5.74, 6) is 1.22. The van der Waals surface area contributed by atoms with Gasteiger partial charge in [-0.05, 0) is 29.5 Å². The topological polar surface area (TPSA) is 105 Å². The Labute approximate surface area is 167 Å². The van der Waals surface area contributed by atoms with Gasteiger partial charge < -0.3 is 9.47 Å². The van der Waals surface area contributed by atoms with Crippen LogP contribution < -0.4 is 4.74 Å². The summed E-state index contributed by atoms with van der Waals surface area (Å²) in [6, 6.07) is 14.0. The van der Waals surface area contributed by atoms with Crippen LogP contribution in [0.5, 0.6) is 5.75 Å². The maximum atomic E-state index is 6.09. The van der Waals surface area contributed by atoms with Crippen LogP contribution in [-0.4, -0.2) is 75.2 Å². The van der Waals surface area contributed by atoms with E-state index < -0.39 is 0 Å². The van der Waals surface area contributed by atoms with Crippen molar-refractivity contribution in [1.82, 2.24) is 35.7 Å². The van der Waals surface area contributed by atoms with Gasteiger partial charge in [0.1, 0.15) is 12.4 Å². The number of morpholine rings is 1. The fourth-order valence-electron chi connectivity index (χ4n) is 3.55. The number of aromatic amines is 2. The van der Waals surface area contributed by atoms with Gasteiger partial charge in [0, 0.05) is 30.6 Å². The van der Waals surface area contributed by atoms with Gasteiger partial charge in [0.2, 0.25) is 5.82 Å². The first-order chi connectivity index (χ1) is 14.4. The van der Waals surface area contributed by atoms with Gasteiger partial charge in [-0.15, -0.1) is 10.2 Å². The van der Waals surface area contributed by atoms with Crippen molar-refractivity contribution in [3.05, 3.63) is 42.5 Å². The van der Waals surface area contributed by atoms with Gasteiger partial charge in [0.15, 0.2) is 0 Å². The molecule has 0 saturated carbocycles. The Bertz CT molecular complexity index is 1090. The number of ether oxygens (including phenoxy) is 2. The molecule has 5 rings (SSSR count). The number of benzene rings is 2. The number of hydrogen-bond acceptors (Lipinski definition) is 7.